The number of ether oxygens (including phenoxy) is 1. The topological polar surface area (TPSA) is 76.0 Å². The first-order valence-electron chi connectivity index (χ1n) is 9.17. The maximum atomic E-state index is 11.8. The highest BCUT2D eigenvalue weighted by molar-refractivity contribution is 6.32. The summed E-state index contributed by atoms with van der Waals surface area (Å²) in [6.07, 6.45) is 4.28. The molecule has 7 nitrogen and oxygen atoms in total. The molecule has 4 rings (SSSR count). The van der Waals surface area contributed by atoms with Crippen molar-refractivity contribution in [3.05, 3.63) is 74.7 Å². The number of aryl methyl sites for hydroxylation is 1. The molecule has 0 aliphatic carbocycles. The quantitative estimate of drug-likeness (QED) is 0.713. The molecule has 8 heteroatoms. The van der Waals surface area contributed by atoms with Crippen molar-refractivity contribution in [1.82, 2.24) is 19.7 Å². The lowest BCUT2D eigenvalue weighted by atomic mass is 10.0. The Hall–Kier alpha value is -2.64. The second kappa shape index (κ2) is 7.77. The molecular weight excluding hydrogens is 378 g/mol. The lowest BCUT2D eigenvalue weighted by molar-refractivity contribution is 0.168. The molecule has 1 N–H and O–H groups in total. The first-order valence-corrected chi connectivity index (χ1v) is 9.55. The number of aromatic amines is 1. The molecule has 1 aromatic carbocycles. The summed E-state index contributed by atoms with van der Waals surface area (Å²) in [5, 5.41) is 6.40. The van der Waals surface area contributed by atoms with Crippen LogP contribution in [0.2, 0.25) is 5.02 Å². The Labute approximate surface area is 167 Å². The fraction of sp³-hybridized carbons (Fsp3) is 0.350. The highest BCUT2D eigenvalue weighted by Crippen LogP contribution is 2.30. The van der Waals surface area contributed by atoms with Crippen LogP contribution in [-0.4, -0.2) is 40.0 Å². The smallest absolute Gasteiger partial charge is 0.285 e. The number of nitrogens with one attached hydrogen (secondary N) is 1. The van der Waals surface area contributed by atoms with Crippen LogP contribution in [0.3, 0.4) is 0 Å². The van der Waals surface area contributed by atoms with E-state index in [4.69, 9.17) is 16.3 Å². The van der Waals surface area contributed by atoms with Gasteiger partial charge in [0.15, 0.2) is 0 Å². The Morgan fingerprint density at radius 3 is 2.96 bits per heavy atom. The molecule has 0 radical (unpaired) electrons. The monoisotopic (exact) mass is 399 g/mol. The van der Waals surface area contributed by atoms with Crippen LogP contribution >= 0.6 is 11.6 Å². The number of halogens is 1. The summed E-state index contributed by atoms with van der Waals surface area (Å²) < 4.78 is 7.74. The van der Waals surface area contributed by atoms with Crippen molar-refractivity contribution in [3.63, 3.8) is 0 Å². The number of aromatic nitrogens is 4. The number of fused-ring (bicyclic) bond motifs is 1. The summed E-state index contributed by atoms with van der Waals surface area (Å²) in [6, 6.07) is 8.42. The van der Waals surface area contributed by atoms with E-state index >= 15 is 0 Å². The highest BCUT2D eigenvalue weighted by atomic mass is 35.5. The van der Waals surface area contributed by atoms with Crippen LogP contribution in [0.5, 0.6) is 0 Å². The zero-order valence-electron chi connectivity index (χ0n) is 15.9. The van der Waals surface area contributed by atoms with E-state index in [0.717, 1.165) is 18.7 Å². The van der Waals surface area contributed by atoms with Crippen molar-refractivity contribution in [1.29, 1.82) is 0 Å². The molecular formula is C20H22ClN5O2. The Morgan fingerprint density at radius 2 is 2.18 bits per heavy atom. The predicted molar refractivity (Wildman–Crippen MR) is 108 cm³/mol. The van der Waals surface area contributed by atoms with Gasteiger partial charge in [-0.2, -0.15) is 5.10 Å². The SMILES string of the molecule is COC[C@H](c1ccccc1C)n1cnc2c1CCN(c1cn[nH]c(=O)c1Cl)C2. The molecule has 1 atom stereocenters. The van der Waals surface area contributed by atoms with Crippen molar-refractivity contribution < 1.29 is 4.74 Å². The van der Waals surface area contributed by atoms with Crippen molar-refractivity contribution in [3.8, 4) is 0 Å². The van der Waals surface area contributed by atoms with Crippen molar-refractivity contribution >= 4 is 17.3 Å². The molecule has 28 heavy (non-hydrogen) atoms. The van der Waals surface area contributed by atoms with E-state index in [1.54, 1.807) is 13.3 Å². The normalized spacial score (nSPS) is 14.8. The fourth-order valence-corrected chi connectivity index (χ4v) is 4.05. The molecule has 0 bridgehead atoms. The predicted octanol–water partition coefficient (Wildman–Crippen LogP) is 2.73. The van der Waals surface area contributed by atoms with Crippen LogP contribution in [0.25, 0.3) is 0 Å². The van der Waals surface area contributed by atoms with Gasteiger partial charge in [0.2, 0.25) is 0 Å². The third-order valence-corrected chi connectivity index (χ3v) is 5.63. The number of imidazole rings is 1. The van der Waals surface area contributed by atoms with E-state index in [0.29, 0.717) is 18.8 Å². The summed E-state index contributed by atoms with van der Waals surface area (Å²) >= 11 is 6.18. The van der Waals surface area contributed by atoms with Gasteiger partial charge in [0.1, 0.15) is 5.02 Å². The van der Waals surface area contributed by atoms with Crippen LogP contribution < -0.4 is 10.5 Å². The van der Waals surface area contributed by atoms with Gasteiger partial charge in [-0.15, -0.1) is 0 Å². The molecule has 0 saturated carbocycles. The Morgan fingerprint density at radius 1 is 1.36 bits per heavy atom. The van der Waals surface area contributed by atoms with Gasteiger partial charge in [0.05, 0.1) is 43.1 Å². The lowest BCUT2D eigenvalue weighted by Gasteiger charge is -2.30. The first-order chi connectivity index (χ1) is 13.6. The summed E-state index contributed by atoms with van der Waals surface area (Å²) in [6.45, 7) is 4.00. The average molecular weight is 400 g/mol. The molecule has 0 spiro atoms. The Balaban J connectivity index is 1.67. The van der Waals surface area contributed by atoms with Gasteiger partial charge in [0.25, 0.3) is 5.56 Å². The summed E-state index contributed by atoms with van der Waals surface area (Å²) in [5.74, 6) is 0. The van der Waals surface area contributed by atoms with E-state index < -0.39 is 0 Å². The third kappa shape index (κ3) is 3.31. The Kier molecular flexibility index (Phi) is 5.19. The van der Waals surface area contributed by atoms with Crippen LogP contribution in [0.4, 0.5) is 5.69 Å². The average Bonchev–Trinajstić information content (AvgIpc) is 3.12. The molecule has 0 saturated heterocycles. The Bertz CT molecular complexity index is 1050. The number of methoxy groups -OCH3 is 1. The molecule has 3 heterocycles. The van der Waals surface area contributed by atoms with E-state index in [9.17, 15) is 4.79 Å². The van der Waals surface area contributed by atoms with Crippen molar-refractivity contribution in [2.45, 2.75) is 25.9 Å². The maximum absolute atomic E-state index is 11.8. The van der Waals surface area contributed by atoms with Gasteiger partial charge in [-0.3, -0.25) is 4.79 Å². The minimum Gasteiger partial charge on any atom is -0.382 e. The van der Waals surface area contributed by atoms with E-state index in [2.05, 4.69) is 44.9 Å². The molecule has 1 aliphatic heterocycles. The minimum absolute atomic E-state index is 0.0684. The number of hydrogen-bond donors (Lipinski definition) is 1. The number of benzene rings is 1. The summed E-state index contributed by atoms with van der Waals surface area (Å²) in [4.78, 5) is 18.5. The lowest BCUT2D eigenvalue weighted by Crippen LogP contribution is -2.33. The maximum Gasteiger partial charge on any atom is 0.285 e. The van der Waals surface area contributed by atoms with Gasteiger partial charge in [-0.25, -0.2) is 10.1 Å². The van der Waals surface area contributed by atoms with Gasteiger partial charge in [-0.1, -0.05) is 35.9 Å². The first kappa shape index (κ1) is 18.7. The number of rotatable bonds is 5. The third-order valence-electron chi connectivity index (χ3n) is 5.27. The van der Waals surface area contributed by atoms with Gasteiger partial charge in [0, 0.05) is 25.8 Å². The van der Waals surface area contributed by atoms with E-state index in [1.807, 2.05) is 17.3 Å². The molecule has 1 aliphatic rings. The second-order valence-corrected chi connectivity index (χ2v) is 7.32. The molecule has 3 aromatic rings. The molecule has 0 unspecified atom stereocenters. The van der Waals surface area contributed by atoms with Crippen molar-refractivity contribution in [2.75, 3.05) is 25.2 Å². The molecule has 2 aromatic heterocycles. The molecule has 0 fully saturated rings. The van der Waals surface area contributed by atoms with Crippen LogP contribution in [0.15, 0.2) is 41.6 Å². The minimum atomic E-state index is -0.379. The van der Waals surface area contributed by atoms with Crippen LogP contribution in [0, 0.1) is 6.92 Å². The number of nitrogens with zero attached hydrogens (tertiary/aromatic N) is 4. The highest BCUT2D eigenvalue weighted by Gasteiger charge is 2.27. The number of anilines is 1. The van der Waals surface area contributed by atoms with Crippen LogP contribution in [0.1, 0.15) is 28.6 Å². The number of H-pyrrole nitrogens is 1. The standard InChI is InChI=1S/C20H22ClN5O2/c1-13-5-3-4-6-14(13)18(11-28-2)26-12-22-15-10-25(8-7-16(15)26)17-9-23-24-20(27)19(17)21/h3-6,9,12,18H,7-8,10-11H2,1-2H3,(H,24,27)/t18-/m1/s1. The van der Waals surface area contributed by atoms with Gasteiger partial charge < -0.3 is 14.2 Å². The largest absolute Gasteiger partial charge is 0.382 e. The number of hydrogen-bond acceptors (Lipinski definition) is 5. The van der Waals surface area contributed by atoms with Crippen molar-refractivity contribution in [2.24, 2.45) is 0 Å². The second-order valence-electron chi connectivity index (χ2n) is 6.94. The molecule has 146 valence electrons. The van der Waals surface area contributed by atoms with Crippen LogP contribution in [-0.2, 0) is 17.7 Å². The van der Waals surface area contributed by atoms with Gasteiger partial charge >= 0.3 is 0 Å². The summed E-state index contributed by atoms with van der Waals surface area (Å²) in [5.41, 5.74) is 4.89. The molecule has 0 amide bonds. The summed E-state index contributed by atoms with van der Waals surface area (Å²) in [7, 11) is 1.72. The van der Waals surface area contributed by atoms with E-state index in [1.165, 1.54) is 16.8 Å². The zero-order valence-corrected chi connectivity index (χ0v) is 16.6. The van der Waals surface area contributed by atoms with E-state index in [-0.39, 0.29) is 16.6 Å². The fourth-order valence-electron chi connectivity index (χ4n) is 3.84. The van der Waals surface area contributed by atoms with Gasteiger partial charge in [-0.05, 0) is 18.1 Å². The zero-order chi connectivity index (χ0) is 19.7.